The normalized spacial score (nSPS) is 14.6. The molecule has 1 amide bonds. The Hall–Kier alpha value is -2.99. The van der Waals surface area contributed by atoms with E-state index in [1.165, 1.54) is 6.92 Å². The Morgan fingerprint density at radius 3 is 2.55 bits per heavy atom. The lowest BCUT2D eigenvalue weighted by molar-refractivity contribution is -0.163. The zero-order valence-electron chi connectivity index (χ0n) is 15.4. The van der Waals surface area contributed by atoms with Crippen molar-refractivity contribution in [3.63, 3.8) is 0 Å². The van der Waals surface area contributed by atoms with E-state index in [2.05, 4.69) is 31.0 Å². The van der Waals surface area contributed by atoms with Gasteiger partial charge in [0.15, 0.2) is 0 Å². The van der Waals surface area contributed by atoms with Crippen molar-refractivity contribution in [3.8, 4) is 0 Å². The van der Waals surface area contributed by atoms with Crippen LogP contribution in [-0.2, 0) is 17.0 Å². The first-order chi connectivity index (χ1) is 13.5. The Bertz CT molecular complexity index is 908. The maximum Gasteiger partial charge on any atom is 0.422 e. The van der Waals surface area contributed by atoms with Crippen LogP contribution >= 0.6 is 0 Å². The quantitative estimate of drug-likeness (QED) is 0.597. The molecule has 0 spiro atoms. The van der Waals surface area contributed by atoms with E-state index < -0.39 is 29.5 Å². The zero-order chi connectivity index (χ0) is 21.4. The van der Waals surface area contributed by atoms with E-state index in [1.807, 2.05) is 0 Å². The molecule has 0 atom stereocenters. The van der Waals surface area contributed by atoms with Gasteiger partial charge in [0, 0.05) is 18.8 Å². The molecule has 0 aliphatic heterocycles. The fraction of sp³-hybridized carbons (Fsp3) is 0.500. The maximum absolute atomic E-state index is 14.3. The third-order valence-corrected chi connectivity index (χ3v) is 4.06. The molecule has 0 bridgehead atoms. The van der Waals surface area contributed by atoms with Crippen molar-refractivity contribution in [2.45, 2.75) is 45.0 Å². The lowest BCUT2D eigenvalue weighted by atomic mass is 10.3. The molecule has 3 rings (SSSR count). The number of anilines is 3. The number of carbonyl (C=O) groups is 1. The molecule has 1 fully saturated rings. The summed E-state index contributed by atoms with van der Waals surface area (Å²) >= 11 is 0. The molecule has 0 saturated heterocycles. The topological polar surface area (TPSA) is 96.8 Å². The molecular weight excluding hydrogens is 401 g/mol. The molecule has 158 valence electrons. The largest absolute Gasteiger partial charge is 0.422 e. The van der Waals surface area contributed by atoms with E-state index in [1.54, 1.807) is 6.92 Å². The summed E-state index contributed by atoms with van der Waals surface area (Å²) < 4.78 is 67.9. The number of halogens is 5. The predicted octanol–water partition coefficient (Wildman–Crippen LogP) is 3.00. The van der Waals surface area contributed by atoms with E-state index in [-0.39, 0.29) is 34.6 Å². The molecule has 1 aliphatic carbocycles. The van der Waals surface area contributed by atoms with Crippen LogP contribution in [0.3, 0.4) is 0 Å². The predicted molar refractivity (Wildman–Crippen MR) is 92.8 cm³/mol. The first-order valence-electron chi connectivity index (χ1n) is 8.73. The van der Waals surface area contributed by atoms with E-state index in [9.17, 15) is 26.7 Å². The van der Waals surface area contributed by atoms with Gasteiger partial charge in [0.25, 0.3) is 0 Å². The van der Waals surface area contributed by atoms with Gasteiger partial charge in [-0.1, -0.05) is 0 Å². The van der Waals surface area contributed by atoms with Gasteiger partial charge >= 0.3 is 18.1 Å². The van der Waals surface area contributed by atoms with Crippen LogP contribution in [0.1, 0.15) is 31.0 Å². The fourth-order valence-corrected chi connectivity index (χ4v) is 2.40. The second kappa shape index (κ2) is 7.44. The second-order valence-corrected chi connectivity index (χ2v) is 6.47. The van der Waals surface area contributed by atoms with Crippen molar-refractivity contribution < 1.29 is 26.7 Å². The molecule has 0 unspecified atom stereocenters. The van der Waals surface area contributed by atoms with Crippen LogP contribution in [0.25, 0.3) is 0 Å². The summed E-state index contributed by atoms with van der Waals surface area (Å²) in [5.74, 6) is -2.17. The molecule has 2 aromatic rings. The molecule has 1 saturated carbocycles. The number of hydrogen-bond acceptors (Lipinski definition) is 6. The molecule has 13 heteroatoms. The first kappa shape index (κ1) is 20.7. The third-order valence-electron chi connectivity index (χ3n) is 4.06. The summed E-state index contributed by atoms with van der Waals surface area (Å²) in [7, 11) is 0. The molecule has 8 nitrogen and oxygen atoms in total. The SMILES string of the molecule is CCNc1nc(Nc2cn(C(F)(F)C(=O)NC3CC3)nc2C)ncc1C(F)(F)F. The number of aryl methyl sites for hydroxylation is 1. The maximum atomic E-state index is 14.3. The number of nitrogens with one attached hydrogen (secondary N) is 3. The van der Waals surface area contributed by atoms with Gasteiger partial charge in [-0.2, -0.15) is 36.7 Å². The van der Waals surface area contributed by atoms with Crippen molar-refractivity contribution in [3.05, 3.63) is 23.7 Å². The van der Waals surface area contributed by atoms with Crippen molar-refractivity contribution in [1.29, 1.82) is 0 Å². The van der Waals surface area contributed by atoms with Crippen LogP contribution in [0.5, 0.6) is 0 Å². The highest BCUT2D eigenvalue weighted by molar-refractivity contribution is 5.82. The Kier molecular flexibility index (Phi) is 5.32. The molecule has 3 N–H and O–H groups in total. The summed E-state index contributed by atoms with van der Waals surface area (Å²) in [5.41, 5.74) is -0.955. The van der Waals surface area contributed by atoms with Gasteiger partial charge < -0.3 is 16.0 Å². The highest BCUT2D eigenvalue weighted by Crippen LogP contribution is 2.34. The van der Waals surface area contributed by atoms with Gasteiger partial charge in [0.1, 0.15) is 11.4 Å². The molecule has 29 heavy (non-hydrogen) atoms. The Morgan fingerprint density at radius 1 is 1.28 bits per heavy atom. The monoisotopic (exact) mass is 419 g/mol. The Balaban J connectivity index is 1.83. The smallest absolute Gasteiger partial charge is 0.370 e. The van der Waals surface area contributed by atoms with Crippen molar-refractivity contribution in [2.24, 2.45) is 0 Å². The number of nitrogens with zero attached hydrogens (tertiary/aromatic N) is 4. The molecule has 2 aromatic heterocycles. The number of aromatic nitrogens is 4. The number of alkyl halides is 5. The number of hydrogen-bond donors (Lipinski definition) is 3. The summed E-state index contributed by atoms with van der Waals surface area (Å²) in [4.78, 5) is 19.1. The van der Waals surface area contributed by atoms with Crippen LogP contribution < -0.4 is 16.0 Å². The lowest BCUT2D eigenvalue weighted by Gasteiger charge is -2.15. The molecule has 2 heterocycles. The zero-order valence-corrected chi connectivity index (χ0v) is 15.4. The van der Waals surface area contributed by atoms with E-state index in [0.717, 1.165) is 6.20 Å². The number of amides is 1. The van der Waals surface area contributed by atoms with Gasteiger partial charge in [-0.25, -0.2) is 4.98 Å². The van der Waals surface area contributed by atoms with Crippen LogP contribution in [0.15, 0.2) is 12.4 Å². The van der Waals surface area contributed by atoms with Gasteiger partial charge in [0.2, 0.25) is 5.95 Å². The van der Waals surface area contributed by atoms with Gasteiger partial charge in [-0.3, -0.25) is 4.79 Å². The molecule has 1 aliphatic rings. The average Bonchev–Trinajstić information content (AvgIpc) is 3.36. The van der Waals surface area contributed by atoms with Crippen LogP contribution in [0, 0.1) is 6.92 Å². The lowest BCUT2D eigenvalue weighted by Crippen LogP contribution is -2.43. The minimum Gasteiger partial charge on any atom is -0.370 e. The van der Waals surface area contributed by atoms with E-state index >= 15 is 0 Å². The molecular formula is C16H18F5N7O. The number of rotatable bonds is 7. The standard InChI is InChI=1S/C16H18F5N7O/c1-3-22-12-10(15(17,18)19)6-23-14(26-12)25-11-7-28(27-8(11)2)16(20,21)13(29)24-9-4-5-9/h6-7,9H,3-5H2,1-2H3,(H,24,29)(H2,22,23,25,26). The summed E-state index contributed by atoms with van der Waals surface area (Å²) in [5, 5.41) is 10.9. The van der Waals surface area contributed by atoms with Gasteiger partial charge in [-0.05, 0) is 26.7 Å². The molecule has 0 radical (unpaired) electrons. The highest BCUT2D eigenvalue weighted by atomic mass is 19.4. The van der Waals surface area contributed by atoms with Crippen molar-refractivity contribution in [1.82, 2.24) is 25.1 Å². The van der Waals surface area contributed by atoms with Crippen LogP contribution in [0.2, 0.25) is 0 Å². The van der Waals surface area contributed by atoms with E-state index in [4.69, 9.17) is 0 Å². The Morgan fingerprint density at radius 2 is 1.97 bits per heavy atom. The first-order valence-corrected chi connectivity index (χ1v) is 8.73. The summed E-state index contributed by atoms with van der Waals surface area (Å²) in [6.07, 6.45) is -1.91. The minimum absolute atomic E-state index is 0.0195. The van der Waals surface area contributed by atoms with Gasteiger partial charge in [0.05, 0.1) is 17.6 Å². The van der Waals surface area contributed by atoms with Gasteiger partial charge in [-0.15, -0.1) is 0 Å². The molecule has 0 aromatic carbocycles. The highest BCUT2D eigenvalue weighted by Gasteiger charge is 2.44. The second-order valence-electron chi connectivity index (χ2n) is 6.47. The van der Waals surface area contributed by atoms with Crippen LogP contribution in [-0.4, -0.2) is 38.2 Å². The van der Waals surface area contributed by atoms with Crippen molar-refractivity contribution in [2.75, 3.05) is 17.2 Å². The summed E-state index contributed by atoms with van der Waals surface area (Å²) in [6.45, 7) is 3.17. The average molecular weight is 419 g/mol. The fourth-order valence-electron chi connectivity index (χ4n) is 2.40. The summed E-state index contributed by atoms with van der Waals surface area (Å²) in [6, 6.07) is -4.18. The Labute approximate surface area is 161 Å². The number of carbonyl (C=O) groups excluding carboxylic acids is 1. The third kappa shape index (κ3) is 4.54. The van der Waals surface area contributed by atoms with E-state index in [0.29, 0.717) is 19.0 Å². The minimum atomic E-state index is -4.66. The van der Waals surface area contributed by atoms with Crippen molar-refractivity contribution >= 4 is 23.4 Å². The van der Waals surface area contributed by atoms with Crippen LogP contribution in [0.4, 0.5) is 39.4 Å².